The summed E-state index contributed by atoms with van der Waals surface area (Å²) in [6.07, 6.45) is 1.37. The van der Waals surface area contributed by atoms with Crippen molar-refractivity contribution in [1.29, 1.82) is 5.26 Å². The first-order valence-electron chi connectivity index (χ1n) is 7.66. The molecule has 2 rings (SSSR count). The molecule has 24 heavy (non-hydrogen) atoms. The van der Waals surface area contributed by atoms with Gasteiger partial charge in [-0.2, -0.15) is 5.26 Å². The van der Waals surface area contributed by atoms with E-state index >= 15 is 0 Å². The van der Waals surface area contributed by atoms with E-state index in [1.54, 1.807) is 36.1 Å². The summed E-state index contributed by atoms with van der Waals surface area (Å²) in [6.45, 7) is 3.98. The molecule has 1 amide bonds. The standard InChI is InChI=1S/C17H19N3O4/c1-2-24-17(22)13-3-5-15(6-4-13)19-12-14(11-18)16(21)20-7-9-23-10-8-20/h3-6,12,19H,2,7-10H2,1H3/b14-12-. The Labute approximate surface area is 140 Å². The Kier molecular flexibility index (Phi) is 6.34. The SMILES string of the molecule is CCOC(=O)c1ccc(N/C=C(/C#N)C(=O)N2CCOCC2)cc1. The molecule has 0 bridgehead atoms. The van der Waals surface area contributed by atoms with Crippen molar-refractivity contribution in [2.45, 2.75) is 6.92 Å². The number of hydrogen-bond donors (Lipinski definition) is 1. The van der Waals surface area contributed by atoms with E-state index < -0.39 is 0 Å². The highest BCUT2D eigenvalue weighted by atomic mass is 16.5. The summed E-state index contributed by atoms with van der Waals surface area (Å²) in [5.74, 6) is -0.712. The number of hydrogen-bond acceptors (Lipinski definition) is 6. The Morgan fingerprint density at radius 1 is 1.33 bits per heavy atom. The van der Waals surface area contributed by atoms with Gasteiger partial charge in [-0.15, -0.1) is 0 Å². The van der Waals surface area contributed by atoms with E-state index in [-0.39, 0.29) is 17.4 Å². The van der Waals surface area contributed by atoms with Gasteiger partial charge in [0, 0.05) is 25.0 Å². The summed E-state index contributed by atoms with van der Waals surface area (Å²) in [4.78, 5) is 25.4. The Morgan fingerprint density at radius 3 is 2.58 bits per heavy atom. The predicted octanol–water partition coefficient (Wildman–Crippen LogP) is 1.54. The summed E-state index contributed by atoms with van der Waals surface area (Å²) < 4.78 is 10.1. The van der Waals surface area contributed by atoms with Crippen molar-refractivity contribution < 1.29 is 19.1 Å². The van der Waals surface area contributed by atoms with E-state index in [1.165, 1.54) is 6.20 Å². The zero-order valence-electron chi connectivity index (χ0n) is 13.4. The van der Waals surface area contributed by atoms with Gasteiger partial charge in [-0.1, -0.05) is 0 Å². The third-order valence-electron chi connectivity index (χ3n) is 3.43. The smallest absolute Gasteiger partial charge is 0.338 e. The lowest BCUT2D eigenvalue weighted by atomic mass is 10.2. The number of nitriles is 1. The molecule has 0 radical (unpaired) electrons. The lowest BCUT2D eigenvalue weighted by molar-refractivity contribution is -0.130. The number of carbonyl (C=O) groups excluding carboxylic acids is 2. The Hall–Kier alpha value is -2.85. The molecule has 1 N–H and O–H groups in total. The first-order valence-corrected chi connectivity index (χ1v) is 7.66. The number of anilines is 1. The average Bonchev–Trinajstić information content (AvgIpc) is 2.63. The van der Waals surface area contributed by atoms with Gasteiger partial charge in [0.1, 0.15) is 11.6 Å². The third kappa shape index (κ3) is 4.57. The lowest BCUT2D eigenvalue weighted by Gasteiger charge is -2.26. The molecule has 0 atom stereocenters. The molecule has 0 unspecified atom stereocenters. The number of esters is 1. The fraction of sp³-hybridized carbons (Fsp3) is 0.353. The van der Waals surface area contributed by atoms with Crippen LogP contribution < -0.4 is 5.32 Å². The third-order valence-corrected chi connectivity index (χ3v) is 3.43. The van der Waals surface area contributed by atoms with Gasteiger partial charge >= 0.3 is 5.97 Å². The molecule has 1 heterocycles. The lowest BCUT2D eigenvalue weighted by Crippen LogP contribution is -2.41. The van der Waals surface area contributed by atoms with Crippen LogP contribution in [0.3, 0.4) is 0 Å². The van der Waals surface area contributed by atoms with Crippen LogP contribution >= 0.6 is 0 Å². The van der Waals surface area contributed by atoms with Gasteiger partial charge < -0.3 is 19.7 Å². The number of carbonyl (C=O) groups is 2. The number of morpholine rings is 1. The van der Waals surface area contributed by atoms with E-state index in [2.05, 4.69) is 5.32 Å². The van der Waals surface area contributed by atoms with Crippen LogP contribution in [0.1, 0.15) is 17.3 Å². The van der Waals surface area contributed by atoms with Crippen LogP contribution in [0.25, 0.3) is 0 Å². The van der Waals surface area contributed by atoms with Gasteiger partial charge in [0.15, 0.2) is 0 Å². The average molecular weight is 329 g/mol. The van der Waals surface area contributed by atoms with Crippen molar-refractivity contribution in [1.82, 2.24) is 4.90 Å². The zero-order valence-corrected chi connectivity index (χ0v) is 13.4. The minimum Gasteiger partial charge on any atom is -0.462 e. The molecule has 1 aromatic carbocycles. The van der Waals surface area contributed by atoms with E-state index in [0.717, 1.165) is 0 Å². The van der Waals surface area contributed by atoms with Crippen molar-refractivity contribution in [3.8, 4) is 6.07 Å². The van der Waals surface area contributed by atoms with Gasteiger partial charge in [0.25, 0.3) is 5.91 Å². The maximum atomic E-state index is 12.2. The monoisotopic (exact) mass is 329 g/mol. The van der Waals surface area contributed by atoms with Crippen molar-refractivity contribution in [2.24, 2.45) is 0 Å². The number of amides is 1. The van der Waals surface area contributed by atoms with Gasteiger partial charge in [0.05, 0.1) is 25.4 Å². The van der Waals surface area contributed by atoms with E-state index in [1.807, 2.05) is 6.07 Å². The number of benzene rings is 1. The molecule has 0 aliphatic carbocycles. The van der Waals surface area contributed by atoms with Crippen molar-refractivity contribution in [3.05, 3.63) is 41.6 Å². The fourth-order valence-corrected chi connectivity index (χ4v) is 2.15. The molecule has 1 aliphatic rings. The van der Waals surface area contributed by atoms with Crippen LogP contribution in [0, 0.1) is 11.3 Å². The molecule has 7 heteroatoms. The van der Waals surface area contributed by atoms with Crippen LogP contribution in [0.15, 0.2) is 36.0 Å². The number of rotatable bonds is 5. The molecule has 1 saturated heterocycles. The molecule has 1 aliphatic heterocycles. The molecule has 0 saturated carbocycles. The van der Waals surface area contributed by atoms with Crippen molar-refractivity contribution in [2.75, 3.05) is 38.2 Å². The minimum absolute atomic E-state index is 0.0198. The highest BCUT2D eigenvalue weighted by Crippen LogP contribution is 2.12. The molecule has 0 aromatic heterocycles. The molecular formula is C17H19N3O4. The van der Waals surface area contributed by atoms with Gasteiger partial charge in [-0.05, 0) is 31.2 Å². The molecule has 7 nitrogen and oxygen atoms in total. The molecular weight excluding hydrogens is 310 g/mol. The summed E-state index contributed by atoms with van der Waals surface area (Å²) in [5.41, 5.74) is 1.12. The number of nitrogens with zero attached hydrogens (tertiary/aromatic N) is 2. The second-order valence-electron chi connectivity index (χ2n) is 5.02. The highest BCUT2D eigenvalue weighted by Gasteiger charge is 2.20. The van der Waals surface area contributed by atoms with Crippen molar-refractivity contribution in [3.63, 3.8) is 0 Å². The fourth-order valence-electron chi connectivity index (χ4n) is 2.15. The second-order valence-corrected chi connectivity index (χ2v) is 5.02. The minimum atomic E-state index is -0.389. The number of ether oxygens (including phenoxy) is 2. The first kappa shape index (κ1) is 17.5. The maximum absolute atomic E-state index is 12.2. The highest BCUT2D eigenvalue weighted by molar-refractivity contribution is 5.97. The van der Waals surface area contributed by atoms with E-state index in [4.69, 9.17) is 9.47 Å². The first-order chi connectivity index (χ1) is 11.7. The summed E-state index contributed by atoms with van der Waals surface area (Å²) in [5, 5.41) is 12.1. The Balaban J connectivity index is 2.00. The van der Waals surface area contributed by atoms with E-state index in [0.29, 0.717) is 44.2 Å². The van der Waals surface area contributed by atoms with Crippen LogP contribution in [0.4, 0.5) is 5.69 Å². The summed E-state index contributed by atoms with van der Waals surface area (Å²) >= 11 is 0. The zero-order chi connectivity index (χ0) is 17.4. The molecule has 126 valence electrons. The maximum Gasteiger partial charge on any atom is 0.338 e. The van der Waals surface area contributed by atoms with Gasteiger partial charge in [-0.3, -0.25) is 4.79 Å². The summed E-state index contributed by atoms with van der Waals surface area (Å²) in [6, 6.07) is 8.49. The topological polar surface area (TPSA) is 91.7 Å². The Morgan fingerprint density at radius 2 is 2.00 bits per heavy atom. The van der Waals surface area contributed by atoms with Crippen LogP contribution in [-0.2, 0) is 14.3 Å². The summed E-state index contributed by atoms with van der Waals surface area (Å²) in [7, 11) is 0. The van der Waals surface area contributed by atoms with Crippen LogP contribution in [0.2, 0.25) is 0 Å². The normalized spacial score (nSPS) is 14.7. The van der Waals surface area contributed by atoms with E-state index in [9.17, 15) is 14.9 Å². The number of nitrogens with one attached hydrogen (secondary N) is 1. The molecule has 1 aromatic rings. The Bertz CT molecular complexity index is 655. The quantitative estimate of drug-likeness (QED) is 0.500. The molecule has 0 spiro atoms. The van der Waals surface area contributed by atoms with Gasteiger partial charge in [0.2, 0.25) is 0 Å². The van der Waals surface area contributed by atoms with Crippen molar-refractivity contribution >= 4 is 17.6 Å². The largest absolute Gasteiger partial charge is 0.462 e. The van der Waals surface area contributed by atoms with Crippen LogP contribution in [-0.4, -0.2) is 49.7 Å². The van der Waals surface area contributed by atoms with Crippen LogP contribution in [0.5, 0.6) is 0 Å². The predicted molar refractivity (Wildman–Crippen MR) is 87.1 cm³/mol. The second kappa shape index (κ2) is 8.70. The van der Waals surface area contributed by atoms with Gasteiger partial charge in [-0.25, -0.2) is 4.79 Å². The molecule has 1 fully saturated rings.